The summed E-state index contributed by atoms with van der Waals surface area (Å²) in [5, 5.41) is 11.8. The Morgan fingerprint density at radius 1 is 1.20 bits per heavy atom. The molecule has 0 aromatic rings. The molecule has 1 saturated carbocycles. The van der Waals surface area contributed by atoms with Crippen LogP contribution in [0.1, 0.15) is 33.6 Å². The molecule has 4 unspecified atom stereocenters. The van der Waals surface area contributed by atoms with Gasteiger partial charge in [0.25, 0.3) is 0 Å². The Hall–Kier alpha value is -1.59. The van der Waals surface area contributed by atoms with Crippen molar-refractivity contribution in [3.8, 4) is 0 Å². The van der Waals surface area contributed by atoms with E-state index in [2.05, 4.69) is 10.1 Å². The van der Waals surface area contributed by atoms with Crippen molar-refractivity contribution in [3.63, 3.8) is 0 Å². The molecule has 0 radical (unpaired) electrons. The van der Waals surface area contributed by atoms with Gasteiger partial charge in [-0.25, -0.2) is 4.79 Å². The van der Waals surface area contributed by atoms with Crippen LogP contribution in [0.5, 0.6) is 0 Å². The predicted octanol–water partition coefficient (Wildman–Crippen LogP) is 1.05. The minimum atomic E-state index is -0.950. The number of amides is 1. The van der Waals surface area contributed by atoms with Crippen molar-refractivity contribution >= 4 is 17.8 Å². The van der Waals surface area contributed by atoms with Crippen molar-refractivity contribution in [3.05, 3.63) is 0 Å². The third kappa shape index (κ3) is 3.71. The molecule has 20 heavy (non-hydrogen) atoms. The number of aliphatic carboxylic acids is 1. The van der Waals surface area contributed by atoms with E-state index >= 15 is 0 Å². The first-order chi connectivity index (χ1) is 9.27. The molecule has 1 aliphatic carbocycles. The lowest BCUT2D eigenvalue weighted by molar-refractivity contribution is -0.149. The zero-order chi connectivity index (χ0) is 15.4. The quantitative estimate of drug-likeness (QED) is 0.736. The third-order valence-corrected chi connectivity index (χ3v) is 3.87. The van der Waals surface area contributed by atoms with Gasteiger partial charge in [-0.05, 0) is 24.7 Å². The lowest BCUT2D eigenvalue weighted by Crippen LogP contribution is -2.48. The Labute approximate surface area is 118 Å². The molecule has 2 N–H and O–H groups in total. The molecule has 114 valence electrons. The average Bonchev–Trinajstić information content (AvgIpc) is 2.76. The third-order valence-electron chi connectivity index (χ3n) is 3.87. The molecule has 1 aliphatic rings. The van der Waals surface area contributed by atoms with E-state index < -0.39 is 29.8 Å². The van der Waals surface area contributed by atoms with Crippen LogP contribution in [-0.4, -0.2) is 36.1 Å². The lowest BCUT2D eigenvalue weighted by Gasteiger charge is -2.23. The standard InChI is InChI=1S/C14H23NO5/c1-7(2)11(14(19)20-4)15-12(16)9-5-8(3)6-10(9)13(17)18/h7-11H,5-6H2,1-4H3,(H,15,16)(H,17,18). The highest BCUT2D eigenvalue weighted by atomic mass is 16.5. The summed E-state index contributed by atoms with van der Waals surface area (Å²) < 4.78 is 4.66. The SMILES string of the molecule is COC(=O)C(NC(=O)C1CC(C)CC1C(=O)O)C(C)C. The molecule has 0 aliphatic heterocycles. The molecule has 0 spiro atoms. The van der Waals surface area contributed by atoms with Crippen molar-refractivity contribution in [1.29, 1.82) is 0 Å². The Morgan fingerprint density at radius 3 is 2.20 bits per heavy atom. The maximum absolute atomic E-state index is 12.3. The van der Waals surface area contributed by atoms with Crippen LogP contribution in [0.25, 0.3) is 0 Å². The number of methoxy groups -OCH3 is 1. The fraction of sp³-hybridized carbons (Fsp3) is 0.786. The fourth-order valence-corrected chi connectivity index (χ4v) is 2.74. The molecule has 4 atom stereocenters. The van der Waals surface area contributed by atoms with Crippen LogP contribution in [0.4, 0.5) is 0 Å². The summed E-state index contributed by atoms with van der Waals surface area (Å²) in [6.45, 7) is 5.53. The van der Waals surface area contributed by atoms with E-state index in [1.54, 1.807) is 13.8 Å². The molecule has 0 aromatic heterocycles. The Kier molecular flexibility index (Phi) is 5.53. The van der Waals surface area contributed by atoms with E-state index in [1.165, 1.54) is 7.11 Å². The normalized spacial score (nSPS) is 27.1. The second kappa shape index (κ2) is 6.72. The van der Waals surface area contributed by atoms with Crippen molar-refractivity contribution in [2.45, 2.75) is 39.7 Å². The smallest absolute Gasteiger partial charge is 0.328 e. The van der Waals surface area contributed by atoms with Crippen molar-refractivity contribution in [2.75, 3.05) is 7.11 Å². The monoisotopic (exact) mass is 285 g/mol. The van der Waals surface area contributed by atoms with Gasteiger partial charge < -0.3 is 15.2 Å². The highest BCUT2D eigenvalue weighted by Crippen LogP contribution is 2.36. The molecule has 0 heterocycles. The summed E-state index contributed by atoms with van der Waals surface area (Å²) in [5.41, 5.74) is 0. The Bertz CT molecular complexity index is 393. The summed E-state index contributed by atoms with van der Waals surface area (Å²) in [6, 6.07) is -0.738. The first-order valence-electron chi connectivity index (χ1n) is 6.88. The maximum atomic E-state index is 12.3. The van der Waals surface area contributed by atoms with Crippen LogP contribution in [0.2, 0.25) is 0 Å². The van der Waals surface area contributed by atoms with Crippen LogP contribution < -0.4 is 5.32 Å². The minimum Gasteiger partial charge on any atom is -0.481 e. The highest BCUT2D eigenvalue weighted by molar-refractivity contribution is 5.89. The van der Waals surface area contributed by atoms with Gasteiger partial charge in [-0.1, -0.05) is 20.8 Å². The van der Waals surface area contributed by atoms with Crippen molar-refractivity contribution in [2.24, 2.45) is 23.7 Å². The minimum absolute atomic E-state index is 0.117. The van der Waals surface area contributed by atoms with Crippen molar-refractivity contribution in [1.82, 2.24) is 5.32 Å². The average molecular weight is 285 g/mol. The number of carboxylic acids is 1. The number of esters is 1. The largest absolute Gasteiger partial charge is 0.481 e. The molecule has 1 fully saturated rings. The molecule has 6 nitrogen and oxygen atoms in total. The fourth-order valence-electron chi connectivity index (χ4n) is 2.74. The molecular formula is C14H23NO5. The van der Waals surface area contributed by atoms with Gasteiger partial charge in [0, 0.05) is 0 Å². The molecule has 1 rings (SSSR count). The van der Waals surface area contributed by atoms with E-state index in [9.17, 15) is 19.5 Å². The summed E-state index contributed by atoms with van der Waals surface area (Å²) in [4.78, 5) is 35.1. The van der Waals surface area contributed by atoms with Gasteiger partial charge in [-0.2, -0.15) is 0 Å². The Balaban J connectivity index is 2.78. The number of carbonyl (C=O) groups excluding carboxylic acids is 2. The first kappa shape index (κ1) is 16.5. The van der Waals surface area contributed by atoms with E-state index in [0.717, 1.165) is 0 Å². The number of rotatable bonds is 5. The topological polar surface area (TPSA) is 92.7 Å². The zero-order valence-corrected chi connectivity index (χ0v) is 12.4. The van der Waals surface area contributed by atoms with Crippen LogP contribution in [0.15, 0.2) is 0 Å². The number of carbonyl (C=O) groups is 3. The van der Waals surface area contributed by atoms with Crippen LogP contribution in [-0.2, 0) is 19.1 Å². The van der Waals surface area contributed by atoms with Gasteiger partial charge in [-0.3, -0.25) is 9.59 Å². The van der Waals surface area contributed by atoms with Gasteiger partial charge in [0.15, 0.2) is 0 Å². The van der Waals surface area contributed by atoms with Crippen LogP contribution >= 0.6 is 0 Å². The van der Waals surface area contributed by atoms with Gasteiger partial charge in [0.05, 0.1) is 18.9 Å². The number of hydrogen-bond acceptors (Lipinski definition) is 4. The summed E-state index contributed by atoms with van der Waals surface area (Å²) in [6.07, 6.45) is 1.03. The van der Waals surface area contributed by atoms with Gasteiger partial charge >= 0.3 is 11.9 Å². The van der Waals surface area contributed by atoms with Crippen LogP contribution in [0.3, 0.4) is 0 Å². The summed E-state index contributed by atoms with van der Waals surface area (Å²) in [7, 11) is 1.27. The predicted molar refractivity (Wildman–Crippen MR) is 71.8 cm³/mol. The lowest BCUT2D eigenvalue weighted by atomic mass is 9.94. The summed E-state index contributed by atoms with van der Waals surface area (Å²) in [5.74, 6) is -2.99. The second-order valence-corrected chi connectivity index (χ2v) is 5.88. The first-order valence-corrected chi connectivity index (χ1v) is 6.88. The highest BCUT2D eigenvalue weighted by Gasteiger charge is 2.42. The van der Waals surface area contributed by atoms with E-state index in [4.69, 9.17) is 0 Å². The Morgan fingerprint density at radius 2 is 1.75 bits per heavy atom. The van der Waals surface area contributed by atoms with E-state index in [1.807, 2.05) is 6.92 Å². The van der Waals surface area contributed by atoms with Crippen molar-refractivity contribution < 1.29 is 24.2 Å². The van der Waals surface area contributed by atoms with Crippen LogP contribution in [0, 0.1) is 23.7 Å². The molecule has 1 amide bonds. The molecule has 0 saturated heterocycles. The number of ether oxygens (including phenoxy) is 1. The van der Waals surface area contributed by atoms with E-state index in [0.29, 0.717) is 12.8 Å². The van der Waals surface area contributed by atoms with E-state index in [-0.39, 0.29) is 17.7 Å². The van der Waals surface area contributed by atoms with Gasteiger partial charge in [-0.15, -0.1) is 0 Å². The van der Waals surface area contributed by atoms with Gasteiger partial charge in [0.1, 0.15) is 6.04 Å². The number of carboxylic acid groups (broad SMARTS) is 1. The molecule has 0 bridgehead atoms. The van der Waals surface area contributed by atoms with Gasteiger partial charge in [0.2, 0.25) is 5.91 Å². The summed E-state index contributed by atoms with van der Waals surface area (Å²) >= 11 is 0. The number of hydrogen-bond donors (Lipinski definition) is 2. The molecule has 6 heteroatoms. The molecular weight excluding hydrogens is 262 g/mol. The zero-order valence-electron chi connectivity index (χ0n) is 12.4. The second-order valence-electron chi connectivity index (χ2n) is 5.88. The number of nitrogens with one attached hydrogen (secondary N) is 1. The molecule has 0 aromatic carbocycles. The maximum Gasteiger partial charge on any atom is 0.328 e.